The number of nitrogens with zero attached hydrogens (tertiary/aromatic N) is 4. The second kappa shape index (κ2) is 9.70. The molecule has 4 rings (SSSR count). The summed E-state index contributed by atoms with van der Waals surface area (Å²) in [5.74, 6) is -0.445. The first-order valence-electron chi connectivity index (χ1n) is 11.2. The Morgan fingerprint density at radius 2 is 1.82 bits per heavy atom. The van der Waals surface area contributed by atoms with Crippen molar-refractivity contribution in [2.45, 2.75) is 33.1 Å². The molecule has 1 aliphatic rings. The second-order valence-electron chi connectivity index (χ2n) is 8.68. The van der Waals surface area contributed by atoms with Crippen LogP contribution in [0.5, 0.6) is 0 Å². The molecule has 2 N–H and O–H groups in total. The van der Waals surface area contributed by atoms with E-state index in [0.717, 1.165) is 28.2 Å². The maximum atomic E-state index is 12.9. The summed E-state index contributed by atoms with van der Waals surface area (Å²) in [4.78, 5) is 26.0. The average molecular weight is 476 g/mol. The van der Waals surface area contributed by atoms with E-state index in [2.05, 4.69) is 11.2 Å². The van der Waals surface area contributed by atoms with Crippen LogP contribution in [-0.2, 0) is 11.2 Å². The first kappa shape index (κ1) is 23.5. The first-order chi connectivity index (χ1) is 16.3. The minimum atomic E-state index is -0.285. The second-order valence-corrected chi connectivity index (χ2v) is 9.09. The van der Waals surface area contributed by atoms with E-state index in [4.69, 9.17) is 22.6 Å². The zero-order chi connectivity index (χ0) is 24.4. The summed E-state index contributed by atoms with van der Waals surface area (Å²) in [5, 5.41) is 14.2. The van der Waals surface area contributed by atoms with E-state index in [0.29, 0.717) is 48.5 Å². The van der Waals surface area contributed by atoms with Crippen LogP contribution in [0.4, 0.5) is 0 Å². The fraction of sp³-hybridized carbons (Fsp3) is 0.308. The number of amides is 2. The van der Waals surface area contributed by atoms with Crippen molar-refractivity contribution >= 4 is 23.4 Å². The molecule has 0 saturated carbocycles. The van der Waals surface area contributed by atoms with E-state index >= 15 is 0 Å². The number of nitrogens with two attached hydrogens (primary N) is 1. The molecule has 0 bridgehead atoms. The number of halogens is 1. The molecule has 3 aromatic rings. The molecule has 2 heterocycles. The molecule has 0 unspecified atom stereocenters. The van der Waals surface area contributed by atoms with Crippen LogP contribution in [-0.4, -0.2) is 39.6 Å². The van der Waals surface area contributed by atoms with Gasteiger partial charge in [0.25, 0.3) is 5.91 Å². The Kier molecular flexibility index (Phi) is 6.71. The van der Waals surface area contributed by atoms with Crippen molar-refractivity contribution in [3.05, 3.63) is 81.1 Å². The van der Waals surface area contributed by atoms with Crippen molar-refractivity contribution in [1.82, 2.24) is 14.7 Å². The van der Waals surface area contributed by atoms with Crippen LogP contribution < -0.4 is 5.73 Å². The Morgan fingerprint density at radius 3 is 2.41 bits per heavy atom. The standard InChI is InChI=1S/C26H26ClN5O2/c1-16-23(17(2)32(30-16)22-8-7-21(15-28)24(27)14-22)13-18-3-5-20(6-4-18)26(34)31-11-9-19(10-12-31)25(29)33/h3-8,14,19H,9-13H2,1-2H3,(H2,29,33). The molecule has 0 atom stereocenters. The number of hydrogen-bond acceptors (Lipinski definition) is 4. The van der Waals surface area contributed by atoms with Gasteiger partial charge in [-0.15, -0.1) is 0 Å². The lowest BCUT2D eigenvalue weighted by molar-refractivity contribution is -0.123. The number of primary amides is 1. The zero-order valence-electron chi connectivity index (χ0n) is 19.2. The maximum Gasteiger partial charge on any atom is 0.253 e. The summed E-state index contributed by atoms with van der Waals surface area (Å²) >= 11 is 6.21. The van der Waals surface area contributed by atoms with Gasteiger partial charge in [-0.2, -0.15) is 10.4 Å². The number of rotatable bonds is 5. The fourth-order valence-corrected chi connectivity index (χ4v) is 4.64. The van der Waals surface area contributed by atoms with Crippen LogP contribution in [0.2, 0.25) is 5.02 Å². The van der Waals surface area contributed by atoms with Crippen molar-refractivity contribution in [1.29, 1.82) is 5.26 Å². The molecule has 1 aliphatic heterocycles. The van der Waals surface area contributed by atoms with Gasteiger partial charge in [0.05, 0.1) is 22.0 Å². The predicted octanol–water partition coefficient (Wildman–Crippen LogP) is 3.94. The van der Waals surface area contributed by atoms with Gasteiger partial charge in [0.15, 0.2) is 0 Å². The molecule has 2 aromatic carbocycles. The van der Waals surface area contributed by atoms with Crippen LogP contribution in [0, 0.1) is 31.1 Å². The summed E-state index contributed by atoms with van der Waals surface area (Å²) in [6.07, 6.45) is 1.92. The minimum absolute atomic E-state index is 0.0210. The average Bonchev–Trinajstić information content (AvgIpc) is 3.12. The van der Waals surface area contributed by atoms with E-state index < -0.39 is 0 Å². The number of benzene rings is 2. The van der Waals surface area contributed by atoms with Crippen LogP contribution in [0.25, 0.3) is 5.69 Å². The molecule has 0 spiro atoms. The van der Waals surface area contributed by atoms with Crippen molar-refractivity contribution in [3.8, 4) is 11.8 Å². The Morgan fingerprint density at radius 1 is 1.15 bits per heavy atom. The normalized spacial score (nSPS) is 14.1. The van der Waals surface area contributed by atoms with Gasteiger partial charge < -0.3 is 10.6 Å². The Bertz CT molecular complexity index is 1280. The molecule has 0 aliphatic carbocycles. The third kappa shape index (κ3) is 4.68. The number of hydrogen-bond donors (Lipinski definition) is 1. The highest BCUT2D eigenvalue weighted by molar-refractivity contribution is 6.31. The summed E-state index contributed by atoms with van der Waals surface area (Å²) in [7, 11) is 0. The van der Waals surface area contributed by atoms with E-state index in [9.17, 15) is 9.59 Å². The maximum absolute atomic E-state index is 12.9. The molecule has 1 fully saturated rings. The Labute approximate surface area is 203 Å². The molecular formula is C26H26ClN5O2. The molecule has 174 valence electrons. The molecule has 0 radical (unpaired) electrons. The van der Waals surface area contributed by atoms with Crippen LogP contribution >= 0.6 is 11.6 Å². The highest BCUT2D eigenvalue weighted by atomic mass is 35.5. The third-order valence-electron chi connectivity index (χ3n) is 6.53. The molecule has 8 heteroatoms. The van der Waals surface area contributed by atoms with E-state index in [1.807, 2.05) is 48.9 Å². The number of aryl methyl sites for hydroxylation is 1. The molecule has 2 amide bonds. The molecule has 1 saturated heterocycles. The molecule has 34 heavy (non-hydrogen) atoms. The third-order valence-corrected chi connectivity index (χ3v) is 6.84. The van der Waals surface area contributed by atoms with Crippen LogP contribution in [0.1, 0.15) is 51.3 Å². The van der Waals surface area contributed by atoms with E-state index in [-0.39, 0.29) is 17.7 Å². The lowest BCUT2D eigenvalue weighted by atomic mass is 9.95. The predicted molar refractivity (Wildman–Crippen MR) is 130 cm³/mol. The highest BCUT2D eigenvalue weighted by Crippen LogP contribution is 2.25. The van der Waals surface area contributed by atoms with Gasteiger partial charge in [0.2, 0.25) is 5.91 Å². The van der Waals surface area contributed by atoms with Gasteiger partial charge in [-0.3, -0.25) is 9.59 Å². The first-order valence-corrected chi connectivity index (χ1v) is 11.6. The number of nitriles is 1. The van der Waals surface area contributed by atoms with Gasteiger partial charge in [0.1, 0.15) is 6.07 Å². The van der Waals surface area contributed by atoms with Gasteiger partial charge >= 0.3 is 0 Å². The lowest BCUT2D eigenvalue weighted by Gasteiger charge is -2.30. The van der Waals surface area contributed by atoms with Gasteiger partial charge in [-0.25, -0.2) is 4.68 Å². The van der Waals surface area contributed by atoms with Gasteiger partial charge in [-0.05, 0) is 62.6 Å². The smallest absolute Gasteiger partial charge is 0.253 e. The van der Waals surface area contributed by atoms with Crippen molar-refractivity contribution in [2.24, 2.45) is 11.7 Å². The molecule has 1 aromatic heterocycles. The number of piperidine rings is 1. The summed E-state index contributed by atoms with van der Waals surface area (Å²) in [6.45, 7) is 5.07. The topological polar surface area (TPSA) is 105 Å². The van der Waals surface area contributed by atoms with Crippen molar-refractivity contribution in [2.75, 3.05) is 13.1 Å². The monoisotopic (exact) mass is 475 g/mol. The van der Waals surface area contributed by atoms with Gasteiger partial charge in [0, 0.05) is 42.2 Å². The highest BCUT2D eigenvalue weighted by Gasteiger charge is 2.26. The van der Waals surface area contributed by atoms with Crippen LogP contribution in [0.3, 0.4) is 0 Å². The summed E-state index contributed by atoms with van der Waals surface area (Å²) in [6, 6.07) is 15.0. The number of aromatic nitrogens is 2. The summed E-state index contributed by atoms with van der Waals surface area (Å²) < 4.78 is 1.84. The largest absolute Gasteiger partial charge is 0.369 e. The number of likely N-dealkylation sites (tertiary alicyclic amines) is 1. The van der Waals surface area contributed by atoms with Crippen molar-refractivity contribution < 1.29 is 9.59 Å². The zero-order valence-corrected chi connectivity index (χ0v) is 20.0. The lowest BCUT2D eigenvalue weighted by Crippen LogP contribution is -2.41. The van der Waals surface area contributed by atoms with Crippen molar-refractivity contribution in [3.63, 3.8) is 0 Å². The quantitative estimate of drug-likeness (QED) is 0.603. The molecule has 7 nitrogen and oxygen atoms in total. The SMILES string of the molecule is Cc1nn(-c2ccc(C#N)c(Cl)c2)c(C)c1Cc1ccc(C(=O)N2CCC(C(N)=O)CC2)cc1. The molecular weight excluding hydrogens is 450 g/mol. The van der Waals surface area contributed by atoms with E-state index in [1.54, 1.807) is 17.0 Å². The Balaban J connectivity index is 1.48. The Hall–Kier alpha value is -3.63. The van der Waals surface area contributed by atoms with Crippen LogP contribution in [0.15, 0.2) is 42.5 Å². The summed E-state index contributed by atoms with van der Waals surface area (Å²) in [5.41, 5.74) is 11.3. The van der Waals surface area contributed by atoms with Gasteiger partial charge in [-0.1, -0.05) is 23.7 Å². The fourth-order valence-electron chi connectivity index (χ4n) is 4.43. The van der Waals surface area contributed by atoms with E-state index in [1.165, 1.54) is 0 Å². The number of carbonyl (C=O) groups excluding carboxylic acids is 2. The number of carbonyl (C=O) groups is 2. The minimum Gasteiger partial charge on any atom is -0.369 e.